The fourth-order valence-corrected chi connectivity index (χ4v) is 1.85. The molecule has 1 amide bonds. The van der Waals surface area contributed by atoms with Crippen LogP contribution in [0.25, 0.3) is 0 Å². The van der Waals surface area contributed by atoms with Crippen molar-refractivity contribution in [2.75, 3.05) is 13.2 Å². The second kappa shape index (κ2) is 9.09. The first-order valence-corrected chi connectivity index (χ1v) is 7.33. The monoisotopic (exact) mass is 331 g/mol. The molecule has 0 fully saturated rings. The quantitative estimate of drug-likeness (QED) is 0.453. The molecule has 1 N–H and O–H groups in total. The number of carbonyl (C=O) groups is 1. The van der Waals surface area contributed by atoms with Crippen LogP contribution in [0.15, 0.2) is 48.7 Å². The highest BCUT2D eigenvalue weighted by Crippen LogP contribution is 2.22. The molecule has 1 aromatic carbocycles. The van der Waals surface area contributed by atoms with E-state index in [1.54, 1.807) is 6.07 Å². The van der Waals surface area contributed by atoms with E-state index in [1.807, 2.05) is 30.3 Å². The van der Waals surface area contributed by atoms with Crippen molar-refractivity contribution in [2.24, 2.45) is 0 Å². The highest BCUT2D eigenvalue weighted by Gasteiger charge is 2.15. The van der Waals surface area contributed by atoms with Crippen molar-refractivity contribution in [2.45, 2.75) is 13.0 Å². The molecular weight excluding hydrogens is 314 g/mol. The van der Waals surface area contributed by atoms with E-state index in [9.17, 15) is 14.9 Å². The number of hydrogen-bond acceptors (Lipinski definition) is 6. The number of carbonyl (C=O) groups excluding carboxylic acids is 1. The summed E-state index contributed by atoms with van der Waals surface area (Å²) in [5.74, 6) is -0.220. The number of nitrogens with one attached hydrogen (secondary N) is 1. The second-order valence-electron chi connectivity index (χ2n) is 4.77. The van der Waals surface area contributed by atoms with E-state index < -0.39 is 11.0 Å². The summed E-state index contributed by atoms with van der Waals surface area (Å²) in [6.45, 7) is 0.748. The molecule has 0 bridgehead atoms. The topological polar surface area (TPSA) is 104 Å². The Morgan fingerprint density at radius 3 is 2.75 bits per heavy atom. The van der Waals surface area contributed by atoms with Crippen molar-refractivity contribution in [3.05, 3.63) is 64.3 Å². The summed E-state index contributed by atoms with van der Waals surface area (Å²) >= 11 is 0. The predicted octanol–water partition coefficient (Wildman–Crippen LogP) is 2.69. The maximum atomic E-state index is 11.5. The number of amides is 1. The smallest absolute Gasteiger partial charge is 0.407 e. The minimum Gasteiger partial charge on any atom is -0.486 e. The van der Waals surface area contributed by atoms with Gasteiger partial charge in [0.05, 0.1) is 6.61 Å². The van der Waals surface area contributed by atoms with Gasteiger partial charge in [-0.3, -0.25) is 0 Å². The molecule has 0 aliphatic heterocycles. The standard InChI is InChI=1S/C16H17N3O5/c20-16(24-12-13-6-2-1-3-7-13)18-10-5-11-23-14-8-4-9-17-15(14)19(21)22/h1-4,6-9H,5,10-12H2,(H,18,20). The van der Waals surface area contributed by atoms with E-state index >= 15 is 0 Å². The molecule has 0 saturated heterocycles. The van der Waals surface area contributed by atoms with Crippen LogP contribution in [0.3, 0.4) is 0 Å². The number of alkyl carbamates (subject to hydrolysis) is 1. The normalized spacial score (nSPS) is 10.0. The first-order valence-electron chi connectivity index (χ1n) is 7.33. The summed E-state index contributed by atoms with van der Waals surface area (Å²) < 4.78 is 10.4. The zero-order valence-corrected chi connectivity index (χ0v) is 12.9. The Bertz CT molecular complexity index is 678. The minimum atomic E-state index is -0.603. The summed E-state index contributed by atoms with van der Waals surface area (Å²) in [7, 11) is 0. The van der Waals surface area contributed by atoms with Gasteiger partial charge in [-0.25, -0.2) is 4.79 Å². The number of hydrogen-bond donors (Lipinski definition) is 1. The third kappa shape index (κ3) is 5.56. The molecule has 0 atom stereocenters. The van der Waals surface area contributed by atoms with Crippen LogP contribution in [-0.4, -0.2) is 29.2 Å². The molecule has 8 nitrogen and oxygen atoms in total. The molecule has 0 unspecified atom stereocenters. The molecular formula is C16H17N3O5. The Balaban J connectivity index is 1.63. The molecule has 126 valence electrons. The second-order valence-corrected chi connectivity index (χ2v) is 4.77. The summed E-state index contributed by atoms with van der Waals surface area (Å²) in [5, 5.41) is 13.4. The average molecular weight is 331 g/mol. The number of benzene rings is 1. The number of ether oxygens (including phenoxy) is 2. The lowest BCUT2D eigenvalue weighted by Gasteiger charge is -2.08. The Morgan fingerprint density at radius 2 is 2.00 bits per heavy atom. The van der Waals surface area contributed by atoms with Gasteiger partial charge in [-0.05, 0) is 34.0 Å². The number of nitrogens with zero attached hydrogens (tertiary/aromatic N) is 2. The van der Waals surface area contributed by atoms with Crippen LogP contribution >= 0.6 is 0 Å². The summed E-state index contributed by atoms with van der Waals surface area (Å²) in [5.41, 5.74) is 0.903. The van der Waals surface area contributed by atoms with Gasteiger partial charge in [-0.2, -0.15) is 0 Å². The number of pyridine rings is 1. The van der Waals surface area contributed by atoms with Gasteiger partial charge < -0.3 is 24.9 Å². The van der Waals surface area contributed by atoms with Gasteiger partial charge in [0.2, 0.25) is 5.75 Å². The van der Waals surface area contributed by atoms with E-state index in [2.05, 4.69) is 10.3 Å². The van der Waals surface area contributed by atoms with Crippen molar-refractivity contribution in [1.82, 2.24) is 10.3 Å². The molecule has 8 heteroatoms. The molecule has 1 heterocycles. The van der Waals surface area contributed by atoms with E-state index in [1.165, 1.54) is 12.3 Å². The molecule has 1 aromatic heterocycles. The van der Waals surface area contributed by atoms with Crippen LogP contribution in [0.4, 0.5) is 10.6 Å². The minimum absolute atomic E-state index is 0.106. The largest absolute Gasteiger partial charge is 0.486 e. The third-order valence-electron chi connectivity index (χ3n) is 2.98. The molecule has 0 spiro atoms. The van der Waals surface area contributed by atoms with Crippen molar-refractivity contribution < 1.29 is 19.2 Å². The summed E-state index contributed by atoms with van der Waals surface area (Å²) in [6, 6.07) is 12.4. The maximum absolute atomic E-state index is 11.5. The molecule has 2 aromatic rings. The average Bonchev–Trinajstić information content (AvgIpc) is 2.61. The lowest BCUT2D eigenvalue weighted by Crippen LogP contribution is -2.26. The zero-order valence-electron chi connectivity index (χ0n) is 12.9. The fraction of sp³-hybridized carbons (Fsp3) is 0.250. The third-order valence-corrected chi connectivity index (χ3v) is 2.98. The van der Waals surface area contributed by atoms with Gasteiger partial charge in [0.15, 0.2) is 0 Å². The van der Waals surface area contributed by atoms with Crippen LogP contribution in [0.2, 0.25) is 0 Å². The first kappa shape index (κ1) is 17.2. The SMILES string of the molecule is O=C(NCCCOc1cccnc1[N+](=O)[O-])OCc1ccccc1. The summed E-state index contributed by atoms with van der Waals surface area (Å²) in [6.07, 6.45) is 1.29. The zero-order chi connectivity index (χ0) is 17.2. The molecule has 0 radical (unpaired) electrons. The van der Waals surface area contributed by atoms with Crippen LogP contribution < -0.4 is 10.1 Å². The number of aromatic nitrogens is 1. The highest BCUT2D eigenvalue weighted by atomic mass is 16.6. The van der Waals surface area contributed by atoms with E-state index in [0.29, 0.717) is 13.0 Å². The number of nitro groups is 1. The van der Waals surface area contributed by atoms with Gasteiger partial charge >= 0.3 is 11.9 Å². The van der Waals surface area contributed by atoms with Crippen molar-refractivity contribution in [3.8, 4) is 5.75 Å². The van der Waals surface area contributed by atoms with Crippen LogP contribution in [0, 0.1) is 10.1 Å². The van der Waals surface area contributed by atoms with Crippen LogP contribution in [0.5, 0.6) is 5.75 Å². The fourth-order valence-electron chi connectivity index (χ4n) is 1.85. The van der Waals surface area contributed by atoms with Crippen molar-refractivity contribution in [3.63, 3.8) is 0 Å². The van der Waals surface area contributed by atoms with Crippen LogP contribution in [0.1, 0.15) is 12.0 Å². The van der Waals surface area contributed by atoms with Crippen molar-refractivity contribution in [1.29, 1.82) is 0 Å². The van der Waals surface area contributed by atoms with Gasteiger partial charge in [0.25, 0.3) is 0 Å². The molecule has 2 rings (SSSR count). The van der Waals surface area contributed by atoms with Gasteiger partial charge in [0, 0.05) is 6.54 Å². The Kier molecular flexibility index (Phi) is 6.51. The highest BCUT2D eigenvalue weighted by molar-refractivity contribution is 5.67. The lowest BCUT2D eigenvalue weighted by molar-refractivity contribution is -0.390. The Labute approximate surface area is 138 Å². The molecule has 0 aliphatic rings. The van der Waals surface area contributed by atoms with Gasteiger partial charge in [0.1, 0.15) is 12.8 Å². The number of rotatable bonds is 8. The first-order chi connectivity index (χ1) is 11.7. The van der Waals surface area contributed by atoms with Gasteiger partial charge in [-0.1, -0.05) is 30.3 Å². The maximum Gasteiger partial charge on any atom is 0.407 e. The van der Waals surface area contributed by atoms with Crippen molar-refractivity contribution >= 4 is 11.9 Å². The van der Waals surface area contributed by atoms with E-state index in [-0.39, 0.29) is 24.8 Å². The van der Waals surface area contributed by atoms with E-state index in [0.717, 1.165) is 5.56 Å². The lowest BCUT2D eigenvalue weighted by atomic mass is 10.2. The summed E-state index contributed by atoms with van der Waals surface area (Å²) in [4.78, 5) is 25.3. The molecule has 24 heavy (non-hydrogen) atoms. The van der Waals surface area contributed by atoms with E-state index in [4.69, 9.17) is 9.47 Å². The molecule has 0 saturated carbocycles. The van der Waals surface area contributed by atoms with Crippen LogP contribution in [-0.2, 0) is 11.3 Å². The Hall–Kier alpha value is -3.16. The molecule has 0 aliphatic carbocycles. The van der Waals surface area contributed by atoms with Gasteiger partial charge in [-0.15, -0.1) is 0 Å². The Morgan fingerprint density at radius 1 is 1.21 bits per heavy atom. The predicted molar refractivity (Wildman–Crippen MR) is 85.6 cm³/mol.